The Labute approximate surface area is 90.3 Å². The quantitative estimate of drug-likeness (QED) is 0.722. The van der Waals surface area contributed by atoms with Gasteiger partial charge in [-0.05, 0) is 37.6 Å². The van der Waals surface area contributed by atoms with Gasteiger partial charge in [0.15, 0.2) is 0 Å². The van der Waals surface area contributed by atoms with Crippen molar-refractivity contribution in [1.82, 2.24) is 0 Å². The number of hydrogen-bond acceptors (Lipinski definition) is 3. The second kappa shape index (κ2) is 6.19. The molecule has 0 saturated heterocycles. The third-order valence-electron chi connectivity index (χ3n) is 2.36. The molecule has 0 amide bonds. The third-order valence-corrected chi connectivity index (χ3v) is 2.36. The van der Waals surface area contributed by atoms with E-state index in [1.165, 1.54) is 0 Å². The van der Waals surface area contributed by atoms with Gasteiger partial charge in [0.05, 0.1) is 0 Å². The zero-order valence-electron chi connectivity index (χ0n) is 9.02. The largest absolute Gasteiger partial charge is 0.396 e. The van der Waals surface area contributed by atoms with Gasteiger partial charge >= 0.3 is 0 Å². The zero-order chi connectivity index (χ0) is 11.1. The van der Waals surface area contributed by atoms with Crippen molar-refractivity contribution in [3.8, 4) is 0 Å². The van der Waals surface area contributed by atoms with Crippen molar-refractivity contribution in [2.24, 2.45) is 0 Å². The summed E-state index contributed by atoms with van der Waals surface area (Å²) in [5.74, 6) is 0. The molecule has 0 aliphatic carbocycles. The molecule has 0 saturated carbocycles. The third kappa shape index (κ3) is 3.36. The Balaban J connectivity index is 2.69. The first kappa shape index (κ1) is 11.7. The lowest BCUT2D eigenvalue weighted by atomic mass is 10.2. The molecule has 0 aliphatic heterocycles. The minimum atomic E-state index is 0.211. The van der Waals surface area contributed by atoms with Gasteiger partial charge in [-0.3, -0.25) is 4.79 Å². The van der Waals surface area contributed by atoms with Gasteiger partial charge in [-0.15, -0.1) is 0 Å². The fourth-order valence-corrected chi connectivity index (χ4v) is 1.50. The van der Waals surface area contributed by atoms with Gasteiger partial charge in [-0.1, -0.05) is 0 Å². The molecule has 0 aliphatic rings. The molecule has 0 aromatic heterocycles. The van der Waals surface area contributed by atoms with Crippen LogP contribution in [0.15, 0.2) is 24.3 Å². The van der Waals surface area contributed by atoms with Crippen molar-refractivity contribution in [2.75, 3.05) is 24.6 Å². The van der Waals surface area contributed by atoms with Crippen LogP contribution in [0.1, 0.15) is 23.7 Å². The highest BCUT2D eigenvalue weighted by Gasteiger charge is 2.02. The van der Waals surface area contributed by atoms with Gasteiger partial charge in [-0.25, -0.2) is 0 Å². The number of benzene rings is 1. The first-order valence-electron chi connectivity index (χ1n) is 5.23. The first-order chi connectivity index (χ1) is 7.31. The van der Waals surface area contributed by atoms with Gasteiger partial charge in [0.2, 0.25) is 0 Å². The van der Waals surface area contributed by atoms with Gasteiger partial charge < -0.3 is 10.0 Å². The maximum absolute atomic E-state index is 10.5. The Bertz CT molecular complexity index is 295. The summed E-state index contributed by atoms with van der Waals surface area (Å²) in [7, 11) is 0. The summed E-state index contributed by atoms with van der Waals surface area (Å²) in [5, 5.41) is 8.77. The lowest BCUT2D eigenvalue weighted by Gasteiger charge is -2.22. The van der Waals surface area contributed by atoms with Crippen LogP contribution in [-0.4, -0.2) is 31.1 Å². The van der Waals surface area contributed by atoms with E-state index >= 15 is 0 Å². The topological polar surface area (TPSA) is 40.5 Å². The average molecular weight is 207 g/mol. The Hall–Kier alpha value is -1.35. The molecule has 0 bridgehead atoms. The fraction of sp³-hybridized carbons (Fsp3) is 0.417. The monoisotopic (exact) mass is 207 g/mol. The molecule has 1 aromatic carbocycles. The standard InChI is InChI=1S/C12H17NO2/c1-2-13(8-3-9-14)12-6-4-11(10-15)5-7-12/h4-7,10,14H,2-3,8-9H2,1H3. The molecule has 0 heterocycles. The van der Waals surface area contributed by atoms with Crippen molar-refractivity contribution >= 4 is 12.0 Å². The molecule has 1 aromatic rings. The number of aliphatic hydroxyl groups is 1. The lowest BCUT2D eigenvalue weighted by Crippen LogP contribution is -2.24. The number of anilines is 1. The number of carbonyl (C=O) groups excluding carboxylic acids is 1. The number of aldehydes is 1. The Morgan fingerprint density at radius 1 is 1.33 bits per heavy atom. The smallest absolute Gasteiger partial charge is 0.150 e. The van der Waals surface area contributed by atoms with Gasteiger partial charge in [0.1, 0.15) is 6.29 Å². The predicted molar refractivity (Wildman–Crippen MR) is 61.4 cm³/mol. The number of aliphatic hydroxyl groups excluding tert-OH is 1. The molecule has 1 N–H and O–H groups in total. The molecule has 3 heteroatoms. The Kier molecular flexibility index (Phi) is 4.84. The van der Waals surface area contributed by atoms with Crippen molar-refractivity contribution in [3.63, 3.8) is 0 Å². The number of hydrogen-bond donors (Lipinski definition) is 1. The normalized spacial score (nSPS) is 10.0. The van der Waals surface area contributed by atoms with Crippen LogP contribution in [-0.2, 0) is 0 Å². The van der Waals surface area contributed by atoms with Gasteiger partial charge in [-0.2, -0.15) is 0 Å². The van der Waals surface area contributed by atoms with Crippen LogP contribution >= 0.6 is 0 Å². The summed E-state index contributed by atoms with van der Waals surface area (Å²) in [6, 6.07) is 7.49. The van der Waals surface area contributed by atoms with Crippen molar-refractivity contribution in [1.29, 1.82) is 0 Å². The maximum Gasteiger partial charge on any atom is 0.150 e. The van der Waals surface area contributed by atoms with Crippen molar-refractivity contribution in [3.05, 3.63) is 29.8 Å². The highest BCUT2D eigenvalue weighted by molar-refractivity contribution is 5.75. The summed E-state index contributed by atoms with van der Waals surface area (Å²) in [5.41, 5.74) is 1.79. The highest BCUT2D eigenvalue weighted by Crippen LogP contribution is 2.14. The molecule has 0 spiro atoms. The number of nitrogens with zero attached hydrogens (tertiary/aromatic N) is 1. The van der Waals surface area contributed by atoms with Crippen LogP contribution in [0.25, 0.3) is 0 Å². The van der Waals surface area contributed by atoms with E-state index < -0.39 is 0 Å². The van der Waals surface area contributed by atoms with Crippen LogP contribution in [0.3, 0.4) is 0 Å². The van der Waals surface area contributed by atoms with Crippen LogP contribution < -0.4 is 4.90 Å². The fourth-order valence-electron chi connectivity index (χ4n) is 1.50. The second-order valence-corrected chi connectivity index (χ2v) is 3.37. The predicted octanol–water partition coefficient (Wildman–Crippen LogP) is 1.71. The molecular weight excluding hydrogens is 190 g/mol. The summed E-state index contributed by atoms with van der Waals surface area (Å²) in [6.07, 6.45) is 1.61. The van der Waals surface area contributed by atoms with E-state index in [0.29, 0.717) is 5.56 Å². The van der Waals surface area contributed by atoms with E-state index in [0.717, 1.165) is 31.5 Å². The Morgan fingerprint density at radius 2 is 2.00 bits per heavy atom. The lowest BCUT2D eigenvalue weighted by molar-refractivity contribution is 0.112. The first-order valence-corrected chi connectivity index (χ1v) is 5.23. The zero-order valence-corrected chi connectivity index (χ0v) is 9.02. The summed E-state index contributed by atoms with van der Waals surface area (Å²) >= 11 is 0. The summed E-state index contributed by atoms with van der Waals surface area (Å²) < 4.78 is 0. The molecule has 0 fully saturated rings. The SMILES string of the molecule is CCN(CCCO)c1ccc(C=O)cc1. The molecule has 82 valence electrons. The minimum absolute atomic E-state index is 0.211. The second-order valence-electron chi connectivity index (χ2n) is 3.37. The molecule has 15 heavy (non-hydrogen) atoms. The highest BCUT2D eigenvalue weighted by atomic mass is 16.3. The van der Waals surface area contributed by atoms with Crippen LogP contribution in [0.2, 0.25) is 0 Å². The molecular formula is C12H17NO2. The van der Waals surface area contributed by atoms with Crippen LogP contribution in [0.5, 0.6) is 0 Å². The number of carbonyl (C=O) groups is 1. The van der Waals surface area contributed by atoms with E-state index in [2.05, 4.69) is 11.8 Å². The molecule has 0 radical (unpaired) electrons. The minimum Gasteiger partial charge on any atom is -0.396 e. The molecule has 0 atom stereocenters. The van der Waals surface area contributed by atoms with Crippen molar-refractivity contribution in [2.45, 2.75) is 13.3 Å². The molecule has 0 unspecified atom stereocenters. The van der Waals surface area contributed by atoms with E-state index in [1.807, 2.05) is 24.3 Å². The average Bonchev–Trinajstić information content (AvgIpc) is 2.31. The summed E-state index contributed by atoms with van der Waals surface area (Å²) in [6.45, 7) is 4.03. The summed E-state index contributed by atoms with van der Waals surface area (Å²) in [4.78, 5) is 12.7. The van der Waals surface area contributed by atoms with E-state index in [9.17, 15) is 4.79 Å². The number of rotatable bonds is 6. The maximum atomic E-state index is 10.5. The Morgan fingerprint density at radius 3 is 2.47 bits per heavy atom. The molecule has 1 rings (SSSR count). The van der Waals surface area contributed by atoms with Gasteiger partial charge in [0, 0.05) is 30.9 Å². The van der Waals surface area contributed by atoms with Crippen LogP contribution in [0, 0.1) is 0 Å². The van der Waals surface area contributed by atoms with Crippen LogP contribution in [0.4, 0.5) is 5.69 Å². The molecule has 3 nitrogen and oxygen atoms in total. The van der Waals surface area contributed by atoms with E-state index in [1.54, 1.807) is 0 Å². The van der Waals surface area contributed by atoms with E-state index in [4.69, 9.17) is 5.11 Å². The van der Waals surface area contributed by atoms with E-state index in [-0.39, 0.29) is 6.61 Å². The van der Waals surface area contributed by atoms with Gasteiger partial charge in [0.25, 0.3) is 0 Å². The van der Waals surface area contributed by atoms with Crippen molar-refractivity contribution < 1.29 is 9.90 Å².